The van der Waals surface area contributed by atoms with Gasteiger partial charge in [0, 0.05) is 19.6 Å². The maximum atomic E-state index is 15.3. The van der Waals surface area contributed by atoms with E-state index in [0.29, 0.717) is 35.5 Å². The number of rotatable bonds is 20. The van der Waals surface area contributed by atoms with Crippen molar-refractivity contribution in [2.24, 2.45) is 0 Å². The normalized spacial score (nSPS) is 12.0. The van der Waals surface area contributed by atoms with Gasteiger partial charge >= 0.3 is 24.1 Å². The van der Waals surface area contributed by atoms with Gasteiger partial charge in [-0.05, 0) is 84.8 Å². The summed E-state index contributed by atoms with van der Waals surface area (Å²) < 4.78 is 71.0. The SMILES string of the molecule is CCCCCCCCCCC(=O)Oc1ccc(-c2ccc(C(=O)O)cc2-c2ccc(C(=O)O[C@H](CCCOCC)C(F)(F)F)c(F)c2)cc1. The van der Waals surface area contributed by atoms with Gasteiger partial charge in [0.1, 0.15) is 11.6 Å². The van der Waals surface area contributed by atoms with Crippen LogP contribution in [0.2, 0.25) is 0 Å². The van der Waals surface area contributed by atoms with Gasteiger partial charge in [-0.3, -0.25) is 4.79 Å². The zero-order chi connectivity index (χ0) is 35.8. The van der Waals surface area contributed by atoms with E-state index in [1.807, 2.05) is 0 Å². The van der Waals surface area contributed by atoms with Crippen LogP contribution in [0.3, 0.4) is 0 Å². The second-order valence-electron chi connectivity index (χ2n) is 11.8. The minimum absolute atomic E-state index is 0.0157. The summed E-state index contributed by atoms with van der Waals surface area (Å²) in [6, 6.07) is 14.0. The Morgan fingerprint density at radius 3 is 2.04 bits per heavy atom. The Morgan fingerprint density at radius 2 is 1.43 bits per heavy atom. The lowest BCUT2D eigenvalue weighted by Crippen LogP contribution is -2.34. The van der Waals surface area contributed by atoms with Crippen LogP contribution >= 0.6 is 0 Å². The van der Waals surface area contributed by atoms with Crippen LogP contribution in [0.4, 0.5) is 17.6 Å². The Morgan fingerprint density at radius 1 is 0.776 bits per heavy atom. The molecular weight excluding hydrogens is 644 g/mol. The van der Waals surface area contributed by atoms with Gasteiger partial charge in [-0.1, -0.05) is 76.1 Å². The van der Waals surface area contributed by atoms with Crippen molar-refractivity contribution in [3.63, 3.8) is 0 Å². The Kier molecular flexibility index (Phi) is 15.7. The monoisotopic (exact) mass is 688 g/mol. The summed E-state index contributed by atoms with van der Waals surface area (Å²) in [7, 11) is 0. The number of hydrogen-bond acceptors (Lipinski definition) is 6. The van der Waals surface area contributed by atoms with Crippen LogP contribution in [0.15, 0.2) is 60.7 Å². The number of aromatic carboxylic acids is 1. The maximum Gasteiger partial charge on any atom is 0.425 e. The molecule has 1 N–H and O–H groups in total. The van der Waals surface area contributed by atoms with Gasteiger partial charge in [0.25, 0.3) is 0 Å². The highest BCUT2D eigenvalue weighted by Crippen LogP contribution is 2.35. The molecule has 49 heavy (non-hydrogen) atoms. The zero-order valence-electron chi connectivity index (χ0n) is 28.0. The molecule has 7 nitrogen and oxygen atoms in total. The summed E-state index contributed by atoms with van der Waals surface area (Å²) in [6.07, 6.45) is 1.30. The first-order valence-electron chi connectivity index (χ1n) is 16.8. The fraction of sp³-hybridized carbons (Fsp3) is 0.447. The zero-order valence-corrected chi connectivity index (χ0v) is 28.0. The highest BCUT2D eigenvalue weighted by atomic mass is 19.4. The van der Waals surface area contributed by atoms with Crippen LogP contribution in [0, 0.1) is 5.82 Å². The lowest BCUT2D eigenvalue weighted by molar-refractivity contribution is -0.206. The van der Waals surface area contributed by atoms with E-state index < -0.39 is 42.0 Å². The van der Waals surface area contributed by atoms with E-state index >= 15 is 4.39 Å². The molecule has 3 aromatic rings. The van der Waals surface area contributed by atoms with Crippen LogP contribution in [-0.2, 0) is 14.3 Å². The van der Waals surface area contributed by atoms with Crippen molar-refractivity contribution in [2.45, 2.75) is 96.8 Å². The molecule has 0 aromatic heterocycles. The van der Waals surface area contributed by atoms with Crippen molar-refractivity contribution >= 4 is 17.9 Å². The predicted octanol–water partition coefficient (Wildman–Crippen LogP) is 10.2. The number of carboxylic acids is 1. The number of benzene rings is 3. The summed E-state index contributed by atoms with van der Waals surface area (Å²) >= 11 is 0. The van der Waals surface area contributed by atoms with Crippen molar-refractivity contribution in [2.75, 3.05) is 13.2 Å². The highest BCUT2D eigenvalue weighted by molar-refractivity contribution is 5.95. The molecule has 0 aliphatic rings. The summed E-state index contributed by atoms with van der Waals surface area (Å²) in [5, 5.41) is 9.60. The number of alkyl halides is 3. The average molecular weight is 689 g/mol. The number of unbranched alkanes of at least 4 members (excludes halogenated alkanes) is 7. The Balaban J connectivity index is 1.74. The van der Waals surface area contributed by atoms with E-state index in [4.69, 9.17) is 9.47 Å². The van der Waals surface area contributed by atoms with Crippen LogP contribution in [-0.4, -0.2) is 48.5 Å². The first-order chi connectivity index (χ1) is 23.4. The summed E-state index contributed by atoms with van der Waals surface area (Å²) in [4.78, 5) is 36.8. The van der Waals surface area contributed by atoms with E-state index in [1.165, 1.54) is 43.9 Å². The number of carbonyl (C=O) groups excluding carboxylic acids is 2. The van der Waals surface area contributed by atoms with Crippen LogP contribution in [0.1, 0.15) is 105 Å². The number of ether oxygens (including phenoxy) is 3. The molecule has 3 aromatic carbocycles. The van der Waals surface area contributed by atoms with Gasteiger partial charge < -0.3 is 19.3 Å². The van der Waals surface area contributed by atoms with E-state index in [0.717, 1.165) is 37.8 Å². The topological polar surface area (TPSA) is 99.1 Å². The van der Waals surface area contributed by atoms with Gasteiger partial charge in [0.2, 0.25) is 0 Å². The third kappa shape index (κ3) is 12.6. The lowest BCUT2D eigenvalue weighted by Gasteiger charge is -2.21. The molecule has 0 spiro atoms. The van der Waals surface area contributed by atoms with Crippen molar-refractivity contribution in [3.05, 3.63) is 77.6 Å². The van der Waals surface area contributed by atoms with Gasteiger partial charge in [-0.25, -0.2) is 14.0 Å². The molecule has 0 aliphatic carbocycles. The summed E-state index contributed by atoms with van der Waals surface area (Å²) in [6.45, 7) is 4.25. The van der Waals surface area contributed by atoms with Crippen LogP contribution < -0.4 is 4.74 Å². The van der Waals surface area contributed by atoms with Crippen molar-refractivity contribution < 1.29 is 51.3 Å². The molecule has 0 saturated heterocycles. The lowest BCUT2D eigenvalue weighted by atomic mass is 9.92. The third-order valence-corrected chi connectivity index (χ3v) is 7.97. The van der Waals surface area contributed by atoms with E-state index in [-0.39, 0.29) is 30.1 Å². The summed E-state index contributed by atoms with van der Waals surface area (Å²) in [5.41, 5.74) is 0.784. The molecule has 0 aliphatic heterocycles. The fourth-order valence-electron chi connectivity index (χ4n) is 5.30. The smallest absolute Gasteiger partial charge is 0.425 e. The van der Waals surface area contributed by atoms with E-state index in [2.05, 4.69) is 11.7 Å². The second kappa shape index (κ2) is 19.7. The molecule has 0 amide bonds. The molecule has 0 radical (unpaired) electrons. The van der Waals surface area contributed by atoms with Gasteiger partial charge in [-0.2, -0.15) is 13.2 Å². The minimum Gasteiger partial charge on any atom is -0.478 e. The molecule has 3 rings (SSSR count). The quantitative estimate of drug-likeness (QED) is 0.0546. The highest BCUT2D eigenvalue weighted by Gasteiger charge is 2.42. The minimum atomic E-state index is -4.86. The van der Waals surface area contributed by atoms with Crippen molar-refractivity contribution in [1.82, 2.24) is 0 Å². The predicted molar refractivity (Wildman–Crippen MR) is 178 cm³/mol. The van der Waals surface area contributed by atoms with Gasteiger partial charge in [0.05, 0.1) is 11.1 Å². The molecule has 0 unspecified atom stereocenters. The third-order valence-electron chi connectivity index (χ3n) is 7.97. The number of halogens is 4. The maximum absolute atomic E-state index is 15.3. The Bertz CT molecular complexity index is 1520. The molecule has 0 saturated carbocycles. The number of hydrogen-bond donors (Lipinski definition) is 1. The van der Waals surface area contributed by atoms with E-state index in [9.17, 15) is 32.7 Å². The fourth-order valence-corrected chi connectivity index (χ4v) is 5.30. The largest absolute Gasteiger partial charge is 0.478 e. The Labute approximate surface area is 284 Å². The van der Waals surface area contributed by atoms with Crippen molar-refractivity contribution in [3.8, 4) is 28.0 Å². The van der Waals surface area contributed by atoms with Gasteiger partial charge in [-0.15, -0.1) is 0 Å². The average Bonchev–Trinajstić information content (AvgIpc) is 3.06. The number of esters is 2. The first kappa shape index (κ1) is 39.2. The first-order valence-corrected chi connectivity index (χ1v) is 16.8. The van der Waals surface area contributed by atoms with Crippen LogP contribution in [0.25, 0.3) is 22.3 Å². The van der Waals surface area contributed by atoms with Crippen LogP contribution in [0.5, 0.6) is 5.75 Å². The van der Waals surface area contributed by atoms with E-state index in [1.54, 1.807) is 37.3 Å². The number of carbonyl (C=O) groups is 3. The molecule has 0 heterocycles. The standard InChI is InChI=1S/C38H44F4O7/c1-3-5-6-7-8-9-10-11-14-35(43)48-29-19-15-26(16-20-29)30-21-18-28(36(44)45)24-32(30)27-17-22-31(33(39)25-27)37(46)49-34(38(40,41)42)13-12-23-47-4-2/h15-22,24-25,34H,3-14,23H2,1-2H3,(H,44,45)/t34-/m1/s1. The second-order valence-corrected chi connectivity index (χ2v) is 11.8. The molecular formula is C38H44F4O7. The molecule has 11 heteroatoms. The summed E-state index contributed by atoms with van der Waals surface area (Å²) in [5.74, 6) is -3.85. The van der Waals surface area contributed by atoms with Gasteiger partial charge in [0.15, 0.2) is 6.10 Å². The molecule has 1 atom stereocenters. The molecule has 266 valence electrons. The molecule has 0 bridgehead atoms. The Hall–Kier alpha value is -4.25. The number of carboxylic acid groups (broad SMARTS) is 1. The molecule has 0 fully saturated rings. The van der Waals surface area contributed by atoms with Crippen molar-refractivity contribution in [1.29, 1.82) is 0 Å².